The van der Waals surface area contributed by atoms with E-state index < -0.39 is 0 Å². The van der Waals surface area contributed by atoms with Gasteiger partial charge < -0.3 is 15.4 Å². The summed E-state index contributed by atoms with van der Waals surface area (Å²) in [6.45, 7) is 4.29. The van der Waals surface area contributed by atoms with Crippen molar-refractivity contribution in [1.82, 2.24) is 10.6 Å². The van der Waals surface area contributed by atoms with E-state index in [0.717, 1.165) is 24.2 Å². The molecule has 0 atom stereocenters. The van der Waals surface area contributed by atoms with Gasteiger partial charge in [-0.2, -0.15) is 0 Å². The Morgan fingerprint density at radius 3 is 2.61 bits per heavy atom. The fourth-order valence-corrected chi connectivity index (χ4v) is 3.68. The largest absolute Gasteiger partial charge is 0.488 e. The fourth-order valence-electron chi connectivity index (χ4n) is 3.68. The highest BCUT2D eigenvalue weighted by Gasteiger charge is 2.19. The Labute approximate surface area is 167 Å². The summed E-state index contributed by atoms with van der Waals surface area (Å²) in [6, 6.07) is 7.60. The van der Waals surface area contributed by atoms with Crippen LogP contribution in [0.3, 0.4) is 0 Å². The highest BCUT2D eigenvalue weighted by atomic mass is 16.5. The molecule has 6 heteroatoms. The average molecular weight is 379 g/mol. The lowest BCUT2D eigenvalue weighted by Gasteiger charge is -2.19. The van der Waals surface area contributed by atoms with Crippen LogP contribution in [-0.4, -0.2) is 32.1 Å². The lowest BCUT2D eigenvalue weighted by molar-refractivity contribution is -0.117. The molecule has 5 nitrogen and oxygen atoms in total. The molecule has 0 saturated heterocycles. The van der Waals surface area contributed by atoms with E-state index in [0.29, 0.717) is 17.1 Å². The van der Waals surface area contributed by atoms with Gasteiger partial charge in [0.1, 0.15) is 12.4 Å². The van der Waals surface area contributed by atoms with E-state index in [2.05, 4.69) is 17.2 Å². The van der Waals surface area contributed by atoms with Gasteiger partial charge in [0.25, 0.3) is 5.91 Å². The number of benzene rings is 1. The second-order valence-electron chi connectivity index (χ2n) is 7.54. The summed E-state index contributed by atoms with van der Waals surface area (Å²) >= 11 is 0. The molecule has 1 aliphatic carbocycles. The van der Waals surface area contributed by atoms with Gasteiger partial charge in [0.2, 0.25) is 7.28 Å². The minimum Gasteiger partial charge on any atom is -0.488 e. The number of para-hydroxylation sites is 1. The van der Waals surface area contributed by atoms with Crippen molar-refractivity contribution >= 4 is 25.1 Å². The molecule has 0 spiro atoms. The van der Waals surface area contributed by atoms with Crippen LogP contribution in [0.25, 0.3) is 6.08 Å². The first-order valence-corrected chi connectivity index (χ1v) is 10.2. The molecular formula is C22H28BN2O3. The van der Waals surface area contributed by atoms with E-state index in [4.69, 9.17) is 4.74 Å². The molecule has 1 heterocycles. The molecule has 2 N–H and O–H groups in total. The molecule has 2 amide bonds. The zero-order valence-corrected chi connectivity index (χ0v) is 16.3. The van der Waals surface area contributed by atoms with Gasteiger partial charge in [-0.3, -0.25) is 9.59 Å². The molecule has 1 aliphatic heterocycles. The van der Waals surface area contributed by atoms with Crippen LogP contribution in [0.1, 0.15) is 50.5 Å². The molecule has 1 aromatic carbocycles. The number of ether oxygens (including phenoxy) is 1. The maximum absolute atomic E-state index is 12.4. The van der Waals surface area contributed by atoms with Crippen molar-refractivity contribution in [2.24, 2.45) is 0 Å². The van der Waals surface area contributed by atoms with Crippen LogP contribution >= 0.6 is 0 Å². The molecule has 1 aromatic rings. The number of hydrogen-bond acceptors (Lipinski definition) is 3. The Kier molecular flexibility index (Phi) is 7.35. The van der Waals surface area contributed by atoms with E-state index in [-0.39, 0.29) is 24.9 Å². The van der Waals surface area contributed by atoms with Crippen molar-refractivity contribution < 1.29 is 14.3 Å². The van der Waals surface area contributed by atoms with E-state index in [1.54, 1.807) is 7.28 Å². The first-order valence-electron chi connectivity index (χ1n) is 10.2. The predicted molar refractivity (Wildman–Crippen MR) is 112 cm³/mol. The number of amides is 2. The van der Waals surface area contributed by atoms with Crippen LogP contribution in [-0.2, 0) is 4.79 Å². The summed E-state index contributed by atoms with van der Waals surface area (Å²) in [5, 5.41) is 5.58. The molecule has 1 saturated carbocycles. The molecule has 0 unspecified atom stereocenters. The SMILES string of the molecule is C=C(CNC(=O)C1=Cc2ccccc2OC1)NC(=O)[B]C1CCCCCCC1. The minimum atomic E-state index is -0.214. The van der Waals surface area contributed by atoms with Gasteiger partial charge >= 0.3 is 0 Å². The summed E-state index contributed by atoms with van der Waals surface area (Å²) < 4.78 is 5.61. The number of nitrogens with one attached hydrogen (secondary N) is 2. The first kappa shape index (κ1) is 20.2. The Hall–Kier alpha value is -2.50. The van der Waals surface area contributed by atoms with Gasteiger partial charge in [-0.1, -0.05) is 75.5 Å². The minimum absolute atomic E-state index is 0.126. The Morgan fingerprint density at radius 2 is 1.82 bits per heavy atom. The first-order chi connectivity index (χ1) is 13.6. The van der Waals surface area contributed by atoms with E-state index in [9.17, 15) is 9.59 Å². The molecule has 1 radical (unpaired) electrons. The normalized spacial score (nSPS) is 17.1. The lowest BCUT2D eigenvalue weighted by atomic mass is 9.59. The Morgan fingerprint density at radius 1 is 1.11 bits per heavy atom. The van der Waals surface area contributed by atoms with Crippen LogP contribution in [0.2, 0.25) is 5.82 Å². The second-order valence-corrected chi connectivity index (χ2v) is 7.54. The topological polar surface area (TPSA) is 67.4 Å². The van der Waals surface area contributed by atoms with Crippen LogP contribution in [0.5, 0.6) is 5.75 Å². The second kappa shape index (κ2) is 10.2. The van der Waals surface area contributed by atoms with Crippen molar-refractivity contribution in [3.8, 4) is 5.75 Å². The zero-order chi connectivity index (χ0) is 19.8. The summed E-state index contributed by atoms with van der Waals surface area (Å²) in [6.07, 6.45) is 10.2. The van der Waals surface area contributed by atoms with Crippen molar-refractivity contribution in [2.45, 2.75) is 50.8 Å². The van der Waals surface area contributed by atoms with Crippen molar-refractivity contribution in [3.05, 3.63) is 47.7 Å². The number of carbonyl (C=O) groups is 2. The molecule has 0 aromatic heterocycles. The monoisotopic (exact) mass is 379 g/mol. The molecular weight excluding hydrogens is 351 g/mol. The molecule has 2 aliphatic rings. The van der Waals surface area contributed by atoms with E-state index in [1.165, 1.54) is 32.1 Å². The van der Waals surface area contributed by atoms with Gasteiger partial charge in [0, 0.05) is 11.3 Å². The number of rotatable bonds is 6. The third-order valence-corrected chi connectivity index (χ3v) is 5.22. The van der Waals surface area contributed by atoms with Crippen molar-refractivity contribution in [3.63, 3.8) is 0 Å². The van der Waals surface area contributed by atoms with Gasteiger partial charge in [0.05, 0.1) is 12.1 Å². The van der Waals surface area contributed by atoms with Crippen LogP contribution in [0.15, 0.2) is 42.1 Å². The summed E-state index contributed by atoms with van der Waals surface area (Å²) in [5.41, 5.74) is 1.93. The maximum Gasteiger partial charge on any atom is 0.251 e. The Bertz CT molecular complexity index is 752. The molecule has 1 fully saturated rings. The van der Waals surface area contributed by atoms with Gasteiger partial charge in [0.15, 0.2) is 5.81 Å². The van der Waals surface area contributed by atoms with Gasteiger partial charge in [-0.05, 0) is 12.1 Å². The Balaban J connectivity index is 1.42. The molecule has 3 rings (SSSR count). The van der Waals surface area contributed by atoms with Gasteiger partial charge in [-0.25, -0.2) is 0 Å². The lowest BCUT2D eigenvalue weighted by Crippen LogP contribution is -2.36. The van der Waals surface area contributed by atoms with Crippen LogP contribution in [0, 0.1) is 0 Å². The third kappa shape index (κ3) is 6.01. The molecule has 28 heavy (non-hydrogen) atoms. The zero-order valence-electron chi connectivity index (χ0n) is 16.3. The average Bonchev–Trinajstić information content (AvgIpc) is 2.67. The molecule has 0 bridgehead atoms. The van der Waals surface area contributed by atoms with Gasteiger partial charge in [-0.15, -0.1) is 0 Å². The van der Waals surface area contributed by atoms with Crippen LogP contribution in [0.4, 0.5) is 4.79 Å². The van der Waals surface area contributed by atoms with E-state index >= 15 is 0 Å². The third-order valence-electron chi connectivity index (χ3n) is 5.22. The fraction of sp³-hybridized carbons (Fsp3) is 0.455. The number of carbonyl (C=O) groups excluding carboxylic acids is 2. The maximum atomic E-state index is 12.4. The predicted octanol–water partition coefficient (Wildman–Crippen LogP) is 4.04. The quantitative estimate of drug-likeness (QED) is 0.733. The van der Waals surface area contributed by atoms with Crippen molar-refractivity contribution in [1.29, 1.82) is 0 Å². The summed E-state index contributed by atoms with van der Waals surface area (Å²) in [5.74, 6) is 0.778. The van der Waals surface area contributed by atoms with Crippen LogP contribution < -0.4 is 15.4 Å². The number of hydrogen-bond donors (Lipinski definition) is 2. The highest BCUT2D eigenvalue weighted by Crippen LogP contribution is 2.26. The highest BCUT2D eigenvalue weighted by molar-refractivity contribution is 6.74. The van der Waals surface area contributed by atoms with E-state index in [1.807, 2.05) is 30.3 Å². The summed E-state index contributed by atoms with van der Waals surface area (Å²) in [7, 11) is 1.78. The number of fused-ring (bicyclic) bond motifs is 1. The van der Waals surface area contributed by atoms with Crippen molar-refractivity contribution in [2.75, 3.05) is 13.2 Å². The summed E-state index contributed by atoms with van der Waals surface area (Å²) in [4.78, 5) is 24.6. The smallest absolute Gasteiger partial charge is 0.251 e. The standard InChI is InChI=1S/C22H28BN2O3/c1-16(25-22(27)23-19-10-5-3-2-4-6-11-19)14-24-21(26)18-13-17-9-7-8-12-20(17)28-15-18/h7-9,12-13,19H,1-6,10-11,14-15H2,(H,24,26)(H,25,27). The molecule has 147 valence electrons.